The fourth-order valence-electron chi connectivity index (χ4n) is 3.28. The van der Waals surface area contributed by atoms with Gasteiger partial charge in [0, 0.05) is 20.1 Å². The van der Waals surface area contributed by atoms with E-state index in [1.165, 1.54) is 11.3 Å². The monoisotopic (exact) mass is 375 g/mol. The minimum Gasteiger partial charge on any atom is -0.344 e. The molecule has 1 fully saturated rings. The number of guanidine groups is 1. The maximum atomic E-state index is 12.9. The summed E-state index contributed by atoms with van der Waals surface area (Å²) in [5, 5.41) is 1.93. The highest BCUT2D eigenvalue weighted by atomic mass is 32.1. The predicted molar refractivity (Wildman–Crippen MR) is 110 cm³/mol. The number of benzene rings is 2. The summed E-state index contributed by atoms with van der Waals surface area (Å²) >= 11 is 1.47. The Morgan fingerprint density at radius 2 is 1.56 bits per heavy atom. The standard InChI is InChI=1S/C22H21N3OS/c1-24-14-15-25(21(26)19-13-8-16-27-19)22(24)23-20(17-9-4-2-5-10-17)18-11-6-3-7-12-18/h2-13,16,20H,14-15H2,1H3. The third-order valence-corrected chi connectivity index (χ3v) is 5.55. The lowest BCUT2D eigenvalue weighted by Gasteiger charge is -2.22. The molecule has 3 aromatic rings. The van der Waals surface area contributed by atoms with Crippen LogP contribution in [-0.4, -0.2) is 41.8 Å². The number of thiophene rings is 1. The van der Waals surface area contributed by atoms with Gasteiger partial charge in [0.25, 0.3) is 5.91 Å². The first-order chi connectivity index (χ1) is 13.2. The number of amides is 1. The van der Waals surface area contributed by atoms with E-state index in [1.807, 2.05) is 61.0 Å². The molecule has 2 aromatic carbocycles. The van der Waals surface area contributed by atoms with E-state index in [2.05, 4.69) is 29.2 Å². The van der Waals surface area contributed by atoms with Gasteiger partial charge in [-0.3, -0.25) is 9.69 Å². The van der Waals surface area contributed by atoms with Crippen LogP contribution in [0.25, 0.3) is 0 Å². The lowest BCUT2D eigenvalue weighted by Crippen LogP contribution is -2.36. The van der Waals surface area contributed by atoms with Crippen LogP contribution in [0.2, 0.25) is 0 Å². The average molecular weight is 375 g/mol. The Morgan fingerprint density at radius 3 is 2.11 bits per heavy atom. The summed E-state index contributed by atoms with van der Waals surface area (Å²) in [5.74, 6) is 0.749. The molecule has 4 rings (SSSR count). The Labute approximate surface area is 163 Å². The number of hydrogen-bond donors (Lipinski definition) is 0. The molecule has 0 N–H and O–H groups in total. The van der Waals surface area contributed by atoms with Gasteiger partial charge in [-0.15, -0.1) is 11.3 Å². The Hall–Kier alpha value is -2.92. The molecule has 0 saturated carbocycles. The van der Waals surface area contributed by atoms with Gasteiger partial charge in [-0.25, -0.2) is 4.99 Å². The minimum absolute atomic E-state index is 0.0213. The van der Waals surface area contributed by atoms with Crippen molar-refractivity contribution in [2.24, 2.45) is 4.99 Å². The van der Waals surface area contributed by atoms with Crippen molar-refractivity contribution in [1.29, 1.82) is 0 Å². The highest BCUT2D eigenvalue weighted by Gasteiger charge is 2.31. The zero-order chi connectivity index (χ0) is 18.6. The molecule has 0 bridgehead atoms. The van der Waals surface area contributed by atoms with Gasteiger partial charge in [0.2, 0.25) is 5.96 Å². The molecule has 27 heavy (non-hydrogen) atoms. The summed E-state index contributed by atoms with van der Waals surface area (Å²) in [7, 11) is 1.99. The third-order valence-electron chi connectivity index (χ3n) is 4.69. The molecule has 1 saturated heterocycles. The van der Waals surface area contributed by atoms with Gasteiger partial charge in [-0.05, 0) is 22.6 Å². The molecule has 4 nitrogen and oxygen atoms in total. The van der Waals surface area contributed by atoms with Crippen molar-refractivity contribution in [3.8, 4) is 0 Å². The lowest BCUT2D eigenvalue weighted by molar-refractivity contribution is 0.0862. The molecule has 1 aromatic heterocycles. The summed E-state index contributed by atoms with van der Waals surface area (Å²) < 4.78 is 0. The van der Waals surface area contributed by atoms with Crippen LogP contribution in [0.4, 0.5) is 0 Å². The number of likely N-dealkylation sites (N-methyl/N-ethyl adjacent to an activating group) is 1. The van der Waals surface area contributed by atoms with E-state index in [9.17, 15) is 4.79 Å². The summed E-state index contributed by atoms with van der Waals surface area (Å²) in [5.41, 5.74) is 2.22. The predicted octanol–water partition coefficient (Wildman–Crippen LogP) is 4.28. The molecule has 0 aliphatic carbocycles. The Balaban J connectivity index is 1.75. The van der Waals surface area contributed by atoms with Crippen molar-refractivity contribution in [3.05, 3.63) is 94.2 Å². The quantitative estimate of drug-likeness (QED) is 0.682. The second-order valence-electron chi connectivity index (χ2n) is 6.51. The van der Waals surface area contributed by atoms with Crippen LogP contribution in [0, 0.1) is 0 Å². The van der Waals surface area contributed by atoms with Crippen molar-refractivity contribution >= 4 is 23.2 Å². The lowest BCUT2D eigenvalue weighted by atomic mass is 9.99. The normalized spacial score (nSPS) is 15.7. The Bertz CT molecular complexity index is 883. The number of aliphatic imine (C=N–C) groups is 1. The van der Waals surface area contributed by atoms with E-state index >= 15 is 0 Å². The highest BCUT2D eigenvalue weighted by molar-refractivity contribution is 7.12. The minimum atomic E-state index is -0.151. The molecule has 1 aliphatic heterocycles. The second kappa shape index (κ2) is 7.76. The molecule has 0 unspecified atom stereocenters. The SMILES string of the molecule is CN1CCN(C(=O)c2cccs2)C1=NC(c1ccccc1)c1ccccc1. The van der Waals surface area contributed by atoms with E-state index < -0.39 is 0 Å². The van der Waals surface area contributed by atoms with Crippen LogP contribution < -0.4 is 0 Å². The summed E-state index contributed by atoms with van der Waals surface area (Å²) in [6.07, 6.45) is 0. The van der Waals surface area contributed by atoms with Crippen LogP contribution in [-0.2, 0) is 0 Å². The molecule has 0 atom stereocenters. The zero-order valence-corrected chi connectivity index (χ0v) is 16.0. The van der Waals surface area contributed by atoms with E-state index in [0.717, 1.165) is 28.5 Å². The smallest absolute Gasteiger partial charge is 0.270 e. The number of nitrogens with zero attached hydrogens (tertiary/aromatic N) is 3. The van der Waals surface area contributed by atoms with E-state index in [0.29, 0.717) is 6.54 Å². The van der Waals surface area contributed by atoms with Gasteiger partial charge in [0.05, 0.1) is 4.88 Å². The van der Waals surface area contributed by atoms with Crippen molar-refractivity contribution in [2.45, 2.75) is 6.04 Å². The van der Waals surface area contributed by atoms with E-state index in [-0.39, 0.29) is 11.9 Å². The molecular formula is C22H21N3OS. The number of carbonyl (C=O) groups is 1. The molecular weight excluding hydrogens is 354 g/mol. The first kappa shape index (κ1) is 17.5. The largest absolute Gasteiger partial charge is 0.344 e. The molecule has 5 heteroatoms. The topological polar surface area (TPSA) is 35.9 Å². The van der Waals surface area contributed by atoms with Crippen LogP contribution in [0.3, 0.4) is 0 Å². The van der Waals surface area contributed by atoms with Crippen LogP contribution in [0.15, 0.2) is 83.2 Å². The van der Waals surface area contributed by atoms with Crippen molar-refractivity contribution in [3.63, 3.8) is 0 Å². The fourth-order valence-corrected chi connectivity index (χ4v) is 3.95. The summed E-state index contributed by atoms with van der Waals surface area (Å²) in [6, 6.07) is 24.1. The molecule has 1 amide bonds. The van der Waals surface area contributed by atoms with Crippen LogP contribution >= 0.6 is 11.3 Å². The molecule has 1 aliphatic rings. The van der Waals surface area contributed by atoms with Gasteiger partial charge >= 0.3 is 0 Å². The number of carbonyl (C=O) groups excluding carboxylic acids is 1. The van der Waals surface area contributed by atoms with E-state index in [1.54, 1.807) is 4.90 Å². The maximum absolute atomic E-state index is 12.9. The Morgan fingerprint density at radius 1 is 0.926 bits per heavy atom. The second-order valence-corrected chi connectivity index (χ2v) is 7.46. The van der Waals surface area contributed by atoms with Gasteiger partial charge < -0.3 is 4.90 Å². The Kier molecular flexibility index (Phi) is 5.03. The maximum Gasteiger partial charge on any atom is 0.270 e. The highest BCUT2D eigenvalue weighted by Crippen LogP contribution is 2.28. The van der Waals surface area contributed by atoms with Gasteiger partial charge in [-0.1, -0.05) is 66.7 Å². The molecule has 136 valence electrons. The van der Waals surface area contributed by atoms with Gasteiger partial charge in [0.1, 0.15) is 6.04 Å². The van der Waals surface area contributed by atoms with Crippen LogP contribution in [0.1, 0.15) is 26.8 Å². The van der Waals surface area contributed by atoms with Crippen molar-refractivity contribution in [1.82, 2.24) is 9.80 Å². The average Bonchev–Trinajstić information content (AvgIpc) is 3.37. The van der Waals surface area contributed by atoms with Crippen LogP contribution in [0.5, 0.6) is 0 Å². The van der Waals surface area contributed by atoms with Gasteiger partial charge in [0.15, 0.2) is 0 Å². The number of hydrogen-bond acceptors (Lipinski definition) is 3. The van der Waals surface area contributed by atoms with Crippen molar-refractivity contribution < 1.29 is 4.79 Å². The van der Waals surface area contributed by atoms with Crippen molar-refractivity contribution in [2.75, 3.05) is 20.1 Å². The first-order valence-electron chi connectivity index (χ1n) is 8.98. The molecule has 0 radical (unpaired) electrons. The zero-order valence-electron chi connectivity index (χ0n) is 15.2. The number of rotatable bonds is 4. The van der Waals surface area contributed by atoms with E-state index in [4.69, 9.17) is 4.99 Å². The first-order valence-corrected chi connectivity index (χ1v) is 9.86. The summed E-state index contributed by atoms with van der Waals surface area (Å²) in [6.45, 7) is 1.44. The third kappa shape index (κ3) is 3.64. The molecule has 0 spiro atoms. The van der Waals surface area contributed by atoms with Gasteiger partial charge in [-0.2, -0.15) is 0 Å². The fraction of sp³-hybridized carbons (Fsp3) is 0.182. The summed E-state index contributed by atoms with van der Waals surface area (Å²) in [4.78, 5) is 22.6. The molecule has 2 heterocycles.